The van der Waals surface area contributed by atoms with E-state index in [4.69, 9.17) is 10.5 Å². The largest absolute Gasteiger partial charge is 0.508 e. The standard InChI is InChI=1S/C14H18N4O3/c15-12(7-9-1-3-11(19)4-2-9)13-16-17-14(20)18(13)10-5-6-21-8-10/h1-4,10,12,19H,5-8,15H2,(H,17,20). The number of aromatic amines is 1. The lowest BCUT2D eigenvalue weighted by atomic mass is 10.1. The Morgan fingerprint density at radius 1 is 1.48 bits per heavy atom. The number of nitrogens with one attached hydrogen (secondary N) is 1. The van der Waals surface area contributed by atoms with Crippen molar-refractivity contribution >= 4 is 0 Å². The van der Waals surface area contributed by atoms with Crippen molar-refractivity contribution in [1.82, 2.24) is 14.8 Å². The first-order chi connectivity index (χ1) is 10.1. The van der Waals surface area contributed by atoms with Crippen molar-refractivity contribution in [2.45, 2.75) is 24.9 Å². The Morgan fingerprint density at radius 2 is 2.24 bits per heavy atom. The summed E-state index contributed by atoms with van der Waals surface area (Å²) in [5.74, 6) is 0.760. The van der Waals surface area contributed by atoms with E-state index in [0.29, 0.717) is 25.5 Å². The summed E-state index contributed by atoms with van der Waals surface area (Å²) in [5.41, 5.74) is 6.93. The van der Waals surface area contributed by atoms with Gasteiger partial charge in [-0.05, 0) is 30.5 Å². The van der Waals surface area contributed by atoms with Crippen molar-refractivity contribution in [3.05, 3.63) is 46.1 Å². The van der Waals surface area contributed by atoms with E-state index in [1.54, 1.807) is 16.7 Å². The zero-order chi connectivity index (χ0) is 14.8. The summed E-state index contributed by atoms with van der Waals surface area (Å²) in [6, 6.07) is 6.45. The van der Waals surface area contributed by atoms with Gasteiger partial charge in [0.2, 0.25) is 0 Å². The molecule has 1 aromatic carbocycles. The topological polar surface area (TPSA) is 106 Å². The number of aromatic hydroxyl groups is 1. The number of rotatable bonds is 4. The number of hydrogen-bond donors (Lipinski definition) is 3. The molecule has 2 heterocycles. The summed E-state index contributed by atoms with van der Waals surface area (Å²) in [5, 5.41) is 15.8. The molecule has 3 rings (SSSR count). The smallest absolute Gasteiger partial charge is 0.343 e. The second-order valence-corrected chi connectivity index (χ2v) is 5.25. The number of aromatic nitrogens is 3. The highest BCUT2D eigenvalue weighted by Gasteiger charge is 2.25. The summed E-state index contributed by atoms with van der Waals surface area (Å²) >= 11 is 0. The summed E-state index contributed by atoms with van der Waals surface area (Å²) in [4.78, 5) is 11.9. The van der Waals surface area contributed by atoms with Crippen LogP contribution in [0.2, 0.25) is 0 Å². The Balaban J connectivity index is 1.82. The van der Waals surface area contributed by atoms with Gasteiger partial charge >= 0.3 is 5.69 Å². The fraction of sp³-hybridized carbons (Fsp3) is 0.429. The third kappa shape index (κ3) is 2.84. The molecule has 1 fully saturated rings. The molecular formula is C14H18N4O3. The summed E-state index contributed by atoms with van der Waals surface area (Å²) < 4.78 is 6.94. The first kappa shape index (κ1) is 13.8. The van der Waals surface area contributed by atoms with Crippen LogP contribution in [0, 0.1) is 0 Å². The number of nitrogens with two attached hydrogens (primary N) is 1. The second-order valence-electron chi connectivity index (χ2n) is 5.25. The fourth-order valence-corrected chi connectivity index (χ4v) is 2.63. The Labute approximate surface area is 121 Å². The van der Waals surface area contributed by atoms with E-state index in [0.717, 1.165) is 12.0 Å². The number of hydrogen-bond acceptors (Lipinski definition) is 5. The molecular weight excluding hydrogens is 272 g/mol. The lowest BCUT2D eigenvalue weighted by molar-refractivity contribution is 0.185. The minimum Gasteiger partial charge on any atom is -0.508 e. The van der Waals surface area contributed by atoms with E-state index in [2.05, 4.69) is 10.2 Å². The molecule has 2 atom stereocenters. The molecule has 0 bridgehead atoms. The number of ether oxygens (including phenoxy) is 1. The quantitative estimate of drug-likeness (QED) is 0.759. The van der Waals surface area contributed by atoms with Crippen molar-refractivity contribution in [3.8, 4) is 5.75 Å². The number of nitrogens with zero attached hydrogens (tertiary/aromatic N) is 2. The predicted molar refractivity (Wildman–Crippen MR) is 76.1 cm³/mol. The summed E-state index contributed by atoms with van der Waals surface area (Å²) in [7, 11) is 0. The molecule has 0 radical (unpaired) electrons. The lowest BCUT2D eigenvalue weighted by Gasteiger charge is -2.16. The van der Waals surface area contributed by atoms with Crippen LogP contribution < -0.4 is 11.4 Å². The first-order valence-electron chi connectivity index (χ1n) is 6.93. The summed E-state index contributed by atoms with van der Waals surface area (Å²) in [6.45, 7) is 1.16. The van der Waals surface area contributed by atoms with Crippen molar-refractivity contribution in [1.29, 1.82) is 0 Å². The van der Waals surface area contributed by atoms with Crippen LogP contribution in [-0.2, 0) is 11.2 Å². The number of phenolic OH excluding ortho intramolecular Hbond substituents is 1. The number of phenols is 1. The van der Waals surface area contributed by atoms with E-state index in [1.807, 2.05) is 12.1 Å². The second kappa shape index (κ2) is 5.71. The molecule has 1 saturated heterocycles. The zero-order valence-corrected chi connectivity index (χ0v) is 11.5. The molecule has 21 heavy (non-hydrogen) atoms. The van der Waals surface area contributed by atoms with Crippen molar-refractivity contribution < 1.29 is 9.84 Å². The maximum atomic E-state index is 11.9. The highest BCUT2D eigenvalue weighted by atomic mass is 16.5. The van der Waals surface area contributed by atoms with Gasteiger partial charge in [0.15, 0.2) is 5.82 Å². The van der Waals surface area contributed by atoms with Crippen LogP contribution in [0.3, 0.4) is 0 Å². The van der Waals surface area contributed by atoms with Crippen LogP contribution in [0.1, 0.15) is 29.9 Å². The Morgan fingerprint density at radius 3 is 2.90 bits per heavy atom. The molecule has 0 aliphatic carbocycles. The van der Waals surface area contributed by atoms with Crippen LogP contribution in [0.4, 0.5) is 0 Å². The number of benzene rings is 1. The average molecular weight is 290 g/mol. The van der Waals surface area contributed by atoms with Gasteiger partial charge in [0.1, 0.15) is 5.75 Å². The highest BCUT2D eigenvalue weighted by molar-refractivity contribution is 5.26. The summed E-state index contributed by atoms with van der Waals surface area (Å²) in [6.07, 6.45) is 1.33. The SMILES string of the molecule is NC(Cc1ccc(O)cc1)c1n[nH]c(=O)n1C1CCOC1. The van der Waals surface area contributed by atoms with Gasteiger partial charge in [-0.2, -0.15) is 5.10 Å². The Hall–Kier alpha value is -2.12. The van der Waals surface area contributed by atoms with E-state index >= 15 is 0 Å². The molecule has 1 aliphatic rings. The molecule has 112 valence electrons. The molecule has 2 unspecified atom stereocenters. The van der Waals surface area contributed by atoms with Crippen molar-refractivity contribution in [2.24, 2.45) is 5.73 Å². The van der Waals surface area contributed by atoms with Gasteiger partial charge in [-0.3, -0.25) is 4.57 Å². The molecule has 1 aromatic heterocycles. The van der Waals surface area contributed by atoms with Crippen LogP contribution in [0.5, 0.6) is 5.75 Å². The van der Waals surface area contributed by atoms with Crippen LogP contribution in [0.25, 0.3) is 0 Å². The normalized spacial score (nSPS) is 19.8. The Bertz CT molecular complexity index is 656. The zero-order valence-electron chi connectivity index (χ0n) is 11.5. The van der Waals surface area contributed by atoms with E-state index in [9.17, 15) is 9.90 Å². The van der Waals surface area contributed by atoms with Gasteiger partial charge < -0.3 is 15.6 Å². The Kier molecular flexibility index (Phi) is 3.76. The van der Waals surface area contributed by atoms with Gasteiger partial charge in [-0.15, -0.1) is 0 Å². The molecule has 4 N–H and O–H groups in total. The minimum absolute atomic E-state index is 0.00267. The average Bonchev–Trinajstić information content (AvgIpc) is 3.10. The van der Waals surface area contributed by atoms with Gasteiger partial charge in [0, 0.05) is 6.61 Å². The maximum Gasteiger partial charge on any atom is 0.343 e. The predicted octanol–water partition coefficient (Wildman–Crippen LogP) is 0.481. The highest BCUT2D eigenvalue weighted by Crippen LogP contribution is 2.22. The molecule has 7 heteroatoms. The molecule has 2 aromatic rings. The first-order valence-corrected chi connectivity index (χ1v) is 6.93. The van der Waals surface area contributed by atoms with Gasteiger partial charge in [-0.1, -0.05) is 12.1 Å². The molecule has 0 saturated carbocycles. The third-order valence-electron chi connectivity index (χ3n) is 3.73. The minimum atomic E-state index is -0.394. The van der Waals surface area contributed by atoms with Crippen molar-refractivity contribution in [3.63, 3.8) is 0 Å². The van der Waals surface area contributed by atoms with E-state index < -0.39 is 6.04 Å². The lowest BCUT2D eigenvalue weighted by Crippen LogP contribution is -2.28. The van der Waals surface area contributed by atoms with E-state index in [1.165, 1.54) is 0 Å². The number of H-pyrrole nitrogens is 1. The monoisotopic (exact) mass is 290 g/mol. The van der Waals surface area contributed by atoms with E-state index in [-0.39, 0.29) is 17.5 Å². The molecule has 7 nitrogen and oxygen atoms in total. The van der Waals surface area contributed by atoms with Crippen molar-refractivity contribution in [2.75, 3.05) is 13.2 Å². The molecule has 0 amide bonds. The van der Waals surface area contributed by atoms with Gasteiger partial charge in [0.25, 0.3) is 0 Å². The van der Waals surface area contributed by atoms with Crippen LogP contribution in [0.15, 0.2) is 29.1 Å². The molecule has 0 spiro atoms. The van der Waals surface area contributed by atoms with Gasteiger partial charge in [0.05, 0.1) is 18.7 Å². The third-order valence-corrected chi connectivity index (χ3v) is 3.73. The fourth-order valence-electron chi connectivity index (χ4n) is 2.63. The van der Waals surface area contributed by atoms with Crippen LogP contribution >= 0.6 is 0 Å². The van der Waals surface area contributed by atoms with Crippen LogP contribution in [-0.4, -0.2) is 33.1 Å². The van der Waals surface area contributed by atoms with Gasteiger partial charge in [-0.25, -0.2) is 9.89 Å². The molecule has 1 aliphatic heterocycles. The maximum absolute atomic E-state index is 11.9.